The number of hydrogen-bond acceptors (Lipinski definition) is 7. The molecule has 1 aliphatic heterocycles. The largest absolute Gasteiger partial charge is 0.462 e. The maximum atomic E-state index is 13.0. The lowest BCUT2D eigenvalue weighted by molar-refractivity contribution is -0.161. The molecule has 0 unspecified atom stereocenters. The molecular formula is C33H47N3O5. The van der Waals surface area contributed by atoms with Gasteiger partial charge >= 0.3 is 5.97 Å². The molecule has 0 radical (unpaired) electrons. The van der Waals surface area contributed by atoms with Crippen LogP contribution in [-0.2, 0) is 20.9 Å². The van der Waals surface area contributed by atoms with Crippen molar-refractivity contribution in [3.8, 4) is 6.07 Å². The summed E-state index contributed by atoms with van der Waals surface area (Å²) in [6.45, 7) is 8.61. The number of nitrogens with one attached hydrogen (secondary N) is 1. The zero-order valence-electron chi connectivity index (χ0n) is 24.9. The summed E-state index contributed by atoms with van der Waals surface area (Å²) in [5.41, 5.74) is 1.21. The number of allylic oxidation sites excluding steroid dienone is 2. The Hall–Kier alpha value is -3.02. The lowest BCUT2D eigenvalue weighted by atomic mass is 9.69. The highest BCUT2D eigenvalue weighted by molar-refractivity contribution is 5.80. The SMILES string of the molecule is C[C@@H]1C[C@H](C)C[C@H](C)[C@@H](O)CC(=O)O[C@H]([C@@H]2CC[C@H]2C(=O)NCc2cccnc2)C/C=C/C=C(/C#N)[C@H](O)[C@@H](C)C1. The summed E-state index contributed by atoms with van der Waals surface area (Å²) in [6.07, 6.45) is 10.6. The first-order chi connectivity index (χ1) is 19.6. The minimum absolute atomic E-state index is 0.0759. The fraction of sp³-hybridized carbons (Fsp3) is 0.636. The molecule has 8 heteroatoms. The highest BCUT2D eigenvalue weighted by Gasteiger charge is 2.42. The van der Waals surface area contributed by atoms with Crippen molar-refractivity contribution in [2.75, 3.05) is 0 Å². The first-order valence-electron chi connectivity index (χ1n) is 15.1. The van der Waals surface area contributed by atoms with Crippen LogP contribution in [0.15, 0.2) is 48.3 Å². The van der Waals surface area contributed by atoms with Crippen LogP contribution in [0.1, 0.15) is 78.2 Å². The first-order valence-corrected chi connectivity index (χ1v) is 15.1. The highest BCUT2D eigenvalue weighted by Crippen LogP contribution is 2.40. The zero-order valence-corrected chi connectivity index (χ0v) is 24.9. The van der Waals surface area contributed by atoms with Gasteiger partial charge < -0.3 is 20.3 Å². The number of aromatic nitrogens is 1. The minimum atomic E-state index is -0.866. The summed E-state index contributed by atoms with van der Waals surface area (Å²) in [6, 6.07) is 5.87. The monoisotopic (exact) mass is 565 g/mol. The molecule has 0 saturated heterocycles. The van der Waals surface area contributed by atoms with E-state index in [2.05, 4.69) is 30.2 Å². The number of carbonyl (C=O) groups excluding carboxylic acids is 2. The third kappa shape index (κ3) is 9.79. The number of rotatable bonds is 4. The van der Waals surface area contributed by atoms with E-state index in [4.69, 9.17) is 4.74 Å². The maximum absolute atomic E-state index is 13.0. The molecule has 9 atom stereocenters. The molecule has 224 valence electrons. The number of amides is 1. The Bertz CT molecular complexity index is 1100. The lowest BCUT2D eigenvalue weighted by Gasteiger charge is -2.40. The van der Waals surface area contributed by atoms with E-state index in [1.165, 1.54) is 0 Å². The third-order valence-electron chi connectivity index (χ3n) is 8.77. The van der Waals surface area contributed by atoms with Crippen molar-refractivity contribution in [3.63, 3.8) is 0 Å². The average Bonchev–Trinajstić information content (AvgIpc) is 2.90. The van der Waals surface area contributed by atoms with E-state index in [0.717, 1.165) is 31.2 Å². The van der Waals surface area contributed by atoms with Gasteiger partial charge in [0.05, 0.1) is 30.3 Å². The Morgan fingerprint density at radius 2 is 1.85 bits per heavy atom. The molecule has 8 nitrogen and oxygen atoms in total. The zero-order chi connectivity index (χ0) is 29.9. The maximum Gasteiger partial charge on any atom is 0.308 e. The van der Waals surface area contributed by atoms with E-state index < -0.39 is 24.3 Å². The molecule has 2 aliphatic rings. The Kier molecular flexibility index (Phi) is 12.6. The number of nitriles is 1. The second kappa shape index (κ2) is 15.8. The van der Waals surface area contributed by atoms with E-state index in [1.807, 2.05) is 32.1 Å². The first kappa shape index (κ1) is 32.5. The Labute approximate surface area is 244 Å². The van der Waals surface area contributed by atoms with Crippen LogP contribution in [0, 0.1) is 46.8 Å². The van der Waals surface area contributed by atoms with Gasteiger partial charge in [0.2, 0.25) is 5.91 Å². The summed E-state index contributed by atoms with van der Waals surface area (Å²) in [4.78, 5) is 30.1. The van der Waals surface area contributed by atoms with Gasteiger partial charge in [-0.25, -0.2) is 0 Å². The minimum Gasteiger partial charge on any atom is -0.462 e. The number of aliphatic hydroxyl groups excluding tert-OH is 2. The normalized spacial score (nSPS) is 36.2. The number of cyclic esters (lactones) is 1. The van der Waals surface area contributed by atoms with E-state index in [9.17, 15) is 25.1 Å². The third-order valence-corrected chi connectivity index (χ3v) is 8.77. The van der Waals surface area contributed by atoms with Gasteiger partial charge in [-0.1, -0.05) is 45.9 Å². The fourth-order valence-corrected chi connectivity index (χ4v) is 6.35. The van der Waals surface area contributed by atoms with Gasteiger partial charge in [-0.05, 0) is 73.5 Å². The Balaban J connectivity index is 1.77. The topological polar surface area (TPSA) is 133 Å². The van der Waals surface area contributed by atoms with Gasteiger partial charge in [-0.15, -0.1) is 0 Å². The second-order valence-electron chi connectivity index (χ2n) is 12.4. The van der Waals surface area contributed by atoms with Gasteiger partial charge in [-0.3, -0.25) is 14.6 Å². The summed E-state index contributed by atoms with van der Waals surface area (Å²) >= 11 is 0. The van der Waals surface area contributed by atoms with Crippen molar-refractivity contribution in [1.29, 1.82) is 5.26 Å². The predicted octanol–water partition coefficient (Wildman–Crippen LogP) is 4.87. The number of pyridine rings is 1. The number of ether oxygens (including phenoxy) is 1. The second-order valence-corrected chi connectivity index (χ2v) is 12.4. The van der Waals surface area contributed by atoms with Gasteiger partial charge in [0.1, 0.15) is 6.10 Å². The van der Waals surface area contributed by atoms with Crippen LogP contribution in [-0.4, -0.2) is 45.4 Å². The van der Waals surface area contributed by atoms with Crippen LogP contribution < -0.4 is 5.32 Å². The predicted molar refractivity (Wildman–Crippen MR) is 157 cm³/mol. The number of aliphatic hydroxyl groups is 2. The standard InChI is InChI=1S/C33H47N3O5/c1-21-14-22(2)16-24(4)32(39)26(18-34)9-5-6-10-30(41-31(38)17-29(37)23(3)15-21)27-11-12-28(27)33(40)36-20-25-8-7-13-35-19-25/h5-9,13,19,21-24,27-30,32,37,39H,10-12,14-17,20H2,1-4H3,(H,36,40)/b6-5+,26-9-/t21-,22+,23-,24-,27+,28+,29-,30-,32+/m0/s1. The van der Waals surface area contributed by atoms with E-state index in [0.29, 0.717) is 36.8 Å². The molecule has 1 saturated carbocycles. The van der Waals surface area contributed by atoms with Gasteiger partial charge in [0.25, 0.3) is 0 Å². The van der Waals surface area contributed by atoms with Gasteiger partial charge in [0, 0.05) is 37.2 Å². The molecule has 1 amide bonds. The van der Waals surface area contributed by atoms with Crippen molar-refractivity contribution in [2.45, 2.75) is 97.5 Å². The summed E-state index contributed by atoms with van der Waals surface area (Å²) in [5.74, 6) is -0.457. The quantitative estimate of drug-likeness (QED) is 0.444. The van der Waals surface area contributed by atoms with Crippen LogP contribution in [0.3, 0.4) is 0 Å². The number of carbonyl (C=O) groups is 2. The Morgan fingerprint density at radius 3 is 2.49 bits per heavy atom. The molecule has 1 aromatic rings. The van der Waals surface area contributed by atoms with E-state index in [1.54, 1.807) is 24.5 Å². The van der Waals surface area contributed by atoms with Crippen LogP contribution in [0.2, 0.25) is 0 Å². The molecule has 1 aromatic heterocycles. The summed E-state index contributed by atoms with van der Waals surface area (Å²) < 4.78 is 5.92. The van der Waals surface area contributed by atoms with Crippen molar-refractivity contribution in [1.82, 2.24) is 10.3 Å². The van der Waals surface area contributed by atoms with E-state index >= 15 is 0 Å². The molecule has 41 heavy (non-hydrogen) atoms. The smallest absolute Gasteiger partial charge is 0.308 e. The fourth-order valence-electron chi connectivity index (χ4n) is 6.35. The molecule has 1 fully saturated rings. The van der Waals surface area contributed by atoms with Crippen LogP contribution in [0.25, 0.3) is 0 Å². The lowest BCUT2D eigenvalue weighted by Crippen LogP contribution is -2.46. The van der Waals surface area contributed by atoms with Crippen LogP contribution >= 0.6 is 0 Å². The van der Waals surface area contributed by atoms with Crippen molar-refractivity contribution < 1.29 is 24.5 Å². The molecule has 0 aromatic carbocycles. The number of hydrogen-bond donors (Lipinski definition) is 3. The van der Waals surface area contributed by atoms with Gasteiger partial charge in [0.15, 0.2) is 0 Å². The molecule has 2 heterocycles. The van der Waals surface area contributed by atoms with Crippen molar-refractivity contribution in [3.05, 3.63) is 53.9 Å². The van der Waals surface area contributed by atoms with E-state index in [-0.39, 0.29) is 36.0 Å². The summed E-state index contributed by atoms with van der Waals surface area (Å²) in [5, 5.41) is 34.4. The molecule has 3 rings (SSSR count). The molecular weight excluding hydrogens is 518 g/mol. The molecule has 0 spiro atoms. The number of esters is 1. The highest BCUT2D eigenvalue weighted by atomic mass is 16.5. The van der Waals surface area contributed by atoms with Crippen LogP contribution in [0.4, 0.5) is 0 Å². The molecule has 0 bridgehead atoms. The average molecular weight is 566 g/mol. The van der Waals surface area contributed by atoms with Gasteiger partial charge in [-0.2, -0.15) is 5.26 Å². The van der Waals surface area contributed by atoms with Crippen molar-refractivity contribution in [2.24, 2.45) is 35.5 Å². The van der Waals surface area contributed by atoms with Crippen LogP contribution in [0.5, 0.6) is 0 Å². The molecule has 3 N–H and O–H groups in total. The summed E-state index contributed by atoms with van der Waals surface area (Å²) in [7, 11) is 0. The van der Waals surface area contributed by atoms with Crippen molar-refractivity contribution >= 4 is 11.9 Å². The molecule has 1 aliphatic carbocycles. The number of nitrogens with zero attached hydrogens (tertiary/aromatic N) is 2. The Morgan fingerprint density at radius 1 is 1.12 bits per heavy atom.